The summed E-state index contributed by atoms with van der Waals surface area (Å²) in [5.74, 6) is 2.04. The van der Waals surface area contributed by atoms with Crippen LogP contribution in [0.15, 0.2) is 11.6 Å². The van der Waals surface area contributed by atoms with Gasteiger partial charge in [-0.25, -0.2) is 13.2 Å². The van der Waals surface area contributed by atoms with Crippen LogP contribution in [0.4, 0.5) is 13.2 Å². The van der Waals surface area contributed by atoms with Gasteiger partial charge in [0, 0.05) is 0 Å². The summed E-state index contributed by atoms with van der Waals surface area (Å²) in [6.07, 6.45) is 8.58. The van der Waals surface area contributed by atoms with Crippen LogP contribution in [-0.2, 0) is 0 Å². The van der Waals surface area contributed by atoms with Crippen LogP contribution in [0.1, 0.15) is 78.1 Å². The fraction of sp³-hybridized carbons (Fsp3) is 0.909. The Kier molecular flexibility index (Phi) is 6.55. The van der Waals surface area contributed by atoms with Crippen LogP contribution in [0.5, 0.6) is 0 Å². The quantitative estimate of drug-likeness (QED) is 0.476. The van der Waals surface area contributed by atoms with E-state index in [4.69, 9.17) is 0 Å². The van der Waals surface area contributed by atoms with E-state index < -0.39 is 24.4 Å². The number of alkyl halides is 3. The zero-order valence-electron chi connectivity index (χ0n) is 15.9. The highest BCUT2D eigenvalue weighted by molar-refractivity contribution is 5.15. The number of hydrogen-bond acceptors (Lipinski definition) is 0. The van der Waals surface area contributed by atoms with E-state index in [1.54, 1.807) is 6.92 Å². The fourth-order valence-electron chi connectivity index (χ4n) is 5.78. The van der Waals surface area contributed by atoms with Crippen LogP contribution in [0.2, 0.25) is 0 Å². The molecule has 2 fully saturated rings. The lowest BCUT2D eigenvalue weighted by Crippen LogP contribution is -2.44. The summed E-state index contributed by atoms with van der Waals surface area (Å²) in [4.78, 5) is 0. The number of hydrogen-bond donors (Lipinski definition) is 0. The van der Waals surface area contributed by atoms with E-state index in [1.165, 1.54) is 44.1 Å². The second-order valence-corrected chi connectivity index (χ2v) is 8.99. The molecule has 0 aromatic carbocycles. The minimum atomic E-state index is -1.93. The topological polar surface area (TPSA) is 0 Å². The second kappa shape index (κ2) is 8.48. The Morgan fingerprint density at radius 2 is 1.68 bits per heavy atom. The lowest BCUT2D eigenvalue weighted by molar-refractivity contribution is -0.0121. The fourth-order valence-corrected chi connectivity index (χ4v) is 5.78. The maximum atomic E-state index is 14.1. The monoisotopic (exact) mass is 356 g/mol. The van der Waals surface area contributed by atoms with Crippen molar-refractivity contribution in [3.63, 3.8) is 0 Å². The maximum Gasteiger partial charge on any atom is 0.162 e. The molecule has 25 heavy (non-hydrogen) atoms. The van der Waals surface area contributed by atoms with E-state index in [9.17, 15) is 13.2 Å². The summed E-state index contributed by atoms with van der Waals surface area (Å²) in [5.41, 5.74) is 1.21. The third kappa shape index (κ3) is 4.27. The first-order chi connectivity index (χ1) is 12.0. The number of rotatable bonds is 4. The molecule has 0 aromatic rings. The highest BCUT2D eigenvalue weighted by Crippen LogP contribution is 2.45. The van der Waals surface area contributed by atoms with Crippen molar-refractivity contribution >= 4 is 0 Å². The third-order valence-electron chi connectivity index (χ3n) is 7.48. The van der Waals surface area contributed by atoms with Gasteiger partial charge in [-0.2, -0.15) is 0 Å². The van der Waals surface area contributed by atoms with Crippen LogP contribution in [-0.4, -0.2) is 18.5 Å². The van der Waals surface area contributed by atoms with E-state index in [0.717, 1.165) is 37.0 Å². The molecule has 0 amide bonds. The van der Waals surface area contributed by atoms with Crippen molar-refractivity contribution in [3.05, 3.63) is 11.6 Å². The molecule has 0 spiro atoms. The summed E-state index contributed by atoms with van der Waals surface area (Å²) in [5, 5.41) is 0. The molecule has 6 unspecified atom stereocenters. The molecule has 2 saturated carbocycles. The summed E-state index contributed by atoms with van der Waals surface area (Å²) >= 11 is 0. The van der Waals surface area contributed by atoms with Crippen LogP contribution in [0.25, 0.3) is 0 Å². The highest BCUT2D eigenvalue weighted by atomic mass is 19.2. The van der Waals surface area contributed by atoms with E-state index in [1.807, 2.05) is 0 Å². The molecule has 6 atom stereocenters. The van der Waals surface area contributed by atoms with Gasteiger partial charge in [-0.1, -0.05) is 51.2 Å². The number of halogens is 3. The number of allylic oxidation sites excluding steroid dienone is 2. The van der Waals surface area contributed by atoms with Gasteiger partial charge in [0.2, 0.25) is 0 Å². The van der Waals surface area contributed by atoms with Gasteiger partial charge in [-0.3, -0.25) is 0 Å². The SMILES string of the molecule is CCCC1CCC(C2CC=C(C3CC(F)C(F)C(F)C3C)CC2)CC1. The summed E-state index contributed by atoms with van der Waals surface area (Å²) < 4.78 is 41.5. The molecule has 0 aromatic heterocycles. The van der Waals surface area contributed by atoms with E-state index in [0.29, 0.717) is 0 Å². The lowest BCUT2D eigenvalue weighted by atomic mass is 9.67. The predicted octanol–water partition coefficient (Wildman–Crippen LogP) is 6.99. The Morgan fingerprint density at radius 1 is 0.960 bits per heavy atom. The zero-order valence-corrected chi connectivity index (χ0v) is 15.9. The molecule has 0 N–H and O–H groups in total. The highest BCUT2D eigenvalue weighted by Gasteiger charge is 2.45. The molecule has 3 aliphatic rings. The van der Waals surface area contributed by atoms with Crippen LogP contribution < -0.4 is 0 Å². The molecule has 0 nitrogen and oxygen atoms in total. The van der Waals surface area contributed by atoms with Gasteiger partial charge in [0.15, 0.2) is 6.17 Å². The Balaban J connectivity index is 1.54. The van der Waals surface area contributed by atoms with Gasteiger partial charge in [0.05, 0.1) is 0 Å². The van der Waals surface area contributed by atoms with Crippen molar-refractivity contribution < 1.29 is 13.2 Å². The van der Waals surface area contributed by atoms with Crippen molar-refractivity contribution in [1.82, 2.24) is 0 Å². The van der Waals surface area contributed by atoms with Crippen LogP contribution >= 0.6 is 0 Å². The molecule has 0 aliphatic heterocycles. The van der Waals surface area contributed by atoms with E-state index in [-0.39, 0.29) is 12.3 Å². The van der Waals surface area contributed by atoms with Crippen LogP contribution in [0.3, 0.4) is 0 Å². The Bertz CT molecular complexity index is 452. The smallest absolute Gasteiger partial charge is 0.162 e. The average Bonchev–Trinajstić information content (AvgIpc) is 2.64. The molecule has 3 aliphatic carbocycles. The minimum Gasteiger partial charge on any atom is -0.244 e. The van der Waals surface area contributed by atoms with Crippen molar-refractivity contribution in [2.75, 3.05) is 0 Å². The second-order valence-electron chi connectivity index (χ2n) is 8.99. The predicted molar refractivity (Wildman–Crippen MR) is 97.7 cm³/mol. The van der Waals surface area contributed by atoms with E-state index >= 15 is 0 Å². The Morgan fingerprint density at radius 3 is 2.28 bits per heavy atom. The molecular weight excluding hydrogens is 321 g/mol. The van der Waals surface area contributed by atoms with Gasteiger partial charge >= 0.3 is 0 Å². The van der Waals surface area contributed by atoms with Crippen molar-refractivity contribution in [3.8, 4) is 0 Å². The summed E-state index contributed by atoms with van der Waals surface area (Å²) in [6.45, 7) is 4.04. The van der Waals surface area contributed by atoms with Crippen molar-refractivity contribution in [2.45, 2.75) is 96.6 Å². The summed E-state index contributed by atoms with van der Waals surface area (Å²) in [7, 11) is 0. The Labute approximate surface area is 151 Å². The zero-order chi connectivity index (χ0) is 18.0. The largest absolute Gasteiger partial charge is 0.244 e. The molecule has 3 rings (SSSR count). The molecule has 0 heterocycles. The first-order valence-electron chi connectivity index (χ1n) is 10.6. The normalized spacial score (nSPS) is 45.9. The first kappa shape index (κ1) is 19.3. The molecular formula is C22H35F3. The van der Waals surface area contributed by atoms with Gasteiger partial charge in [-0.05, 0) is 68.1 Å². The molecule has 0 saturated heterocycles. The minimum absolute atomic E-state index is 0.0989. The first-order valence-corrected chi connectivity index (χ1v) is 10.6. The standard InChI is InChI=1S/C22H35F3/c1-3-4-15-5-7-16(8-6-15)17-9-11-18(12-10-17)19-13-20(23)22(25)21(24)14(19)2/h11,14-17,19-22H,3-10,12-13H2,1-2H3. The van der Waals surface area contributed by atoms with Crippen molar-refractivity contribution in [2.24, 2.45) is 29.6 Å². The third-order valence-corrected chi connectivity index (χ3v) is 7.48. The molecule has 144 valence electrons. The van der Waals surface area contributed by atoms with Gasteiger partial charge in [0.1, 0.15) is 12.3 Å². The van der Waals surface area contributed by atoms with Gasteiger partial charge in [0.25, 0.3) is 0 Å². The van der Waals surface area contributed by atoms with Crippen molar-refractivity contribution in [1.29, 1.82) is 0 Å². The maximum absolute atomic E-state index is 14.1. The van der Waals surface area contributed by atoms with Gasteiger partial charge in [-0.15, -0.1) is 0 Å². The van der Waals surface area contributed by atoms with E-state index in [2.05, 4.69) is 13.0 Å². The molecule has 0 bridgehead atoms. The molecule has 3 heteroatoms. The summed E-state index contributed by atoms with van der Waals surface area (Å²) in [6, 6.07) is 0. The van der Waals surface area contributed by atoms with Gasteiger partial charge < -0.3 is 0 Å². The Hall–Kier alpha value is -0.470. The average molecular weight is 357 g/mol. The molecule has 0 radical (unpaired) electrons. The lowest BCUT2D eigenvalue weighted by Gasteiger charge is -2.40. The van der Waals surface area contributed by atoms with Crippen LogP contribution in [0, 0.1) is 29.6 Å².